The van der Waals surface area contributed by atoms with Gasteiger partial charge in [0.05, 0.1) is 7.11 Å². The van der Waals surface area contributed by atoms with Crippen molar-refractivity contribution in [3.63, 3.8) is 0 Å². The minimum Gasteiger partial charge on any atom is -0.468 e. The third-order valence-electron chi connectivity index (χ3n) is 3.75. The average Bonchev–Trinajstić information content (AvgIpc) is 2.36. The molecule has 6 nitrogen and oxygen atoms in total. The van der Waals surface area contributed by atoms with E-state index >= 15 is 0 Å². The van der Waals surface area contributed by atoms with E-state index in [0.29, 0.717) is 19.6 Å². The molecule has 0 N–H and O–H groups in total. The Hall–Kier alpha value is -1.30. The maximum Gasteiger partial charge on any atom is 0.410 e. The summed E-state index contributed by atoms with van der Waals surface area (Å²) in [6.45, 7) is 13.4. The Morgan fingerprint density at radius 3 is 2.18 bits per heavy atom. The van der Waals surface area contributed by atoms with Crippen LogP contribution in [-0.2, 0) is 14.3 Å². The molecular formula is C16H30N2O4. The van der Waals surface area contributed by atoms with Crippen LogP contribution in [0, 0.1) is 5.92 Å². The standard InChI is InChI=1S/C16H30N2O4/c1-11(2)13(14(19)21-7)17-8-9-18(12(3)10-17)15(20)22-16(4,5)6/h11-13H,8-10H2,1-7H3/t12-,13+/m0/s1. The molecule has 0 aromatic rings. The van der Waals surface area contributed by atoms with E-state index in [1.165, 1.54) is 7.11 Å². The Bertz CT molecular complexity index is 403. The van der Waals surface area contributed by atoms with E-state index < -0.39 is 5.60 Å². The summed E-state index contributed by atoms with van der Waals surface area (Å²) in [7, 11) is 1.41. The quantitative estimate of drug-likeness (QED) is 0.747. The van der Waals surface area contributed by atoms with E-state index in [1.807, 2.05) is 41.5 Å². The smallest absolute Gasteiger partial charge is 0.410 e. The molecular weight excluding hydrogens is 284 g/mol. The summed E-state index contributed by atoms with van der Waals surface area (Å²) < 4.78 is 10.4. The van der Waals surface area contributed by atoms with Crippen LogP contribution in [-0.4, -0.2) is 66.3 Å². The van der Waals surface area contributed by atoms with Gasteiger partial charge in [-0.15, -0.1) is 0 Å². The molecule has 1 amide bonds. The van der Waals surface area contributed by atoms with Gasteiger partial charge in [-0.25, -0.2) is 4.79 Å². The van der Waals surface area contributed by atoms with Crippen molar-refractivity contribution in [2.24, 2.45) is 5.92 Å². The van der Waals surface area contributed by atoms with Crippen molar-refractivity contribution >= 4 is 12.1 Å². The van der Waals surface area contributed by atoms with Crippen LogP contribution in [0.15, 0.2) is 0 Å². The Kier molecular flexibility index (Phi) is 6.23. The Labute approximate surface area is 133 Å². The zero-order valence-electron chi connectivity index (χ0n) is 14.9. The summed E-state index contributed by atoms with van der Waals surface area (Å²) in [4.78, 5) is 28.0. The van der Waals surface area contributed by atoms with Crippen LogP contribution in [0.4, 0.5) is 4.79 Å². The van der Waals surface area contributed by atoms with Crippen LogP contribution in [0.3, 0.4) is 0 Å². The number of hydrogen-bond acceptors (Lipinski definition) is 5. The maximum absolute atomic E-state index is 12.2. The van der Waals surface area contributed by atoms with E-state index in [-0.39, 0.29) is 30.1 Å². The lowest BCUT2D eigenvalue weighted by atomic mass is 10.0. The molecule has 1 aliphatic rings. The SMILES string of the molecule is COC(=O)[C@@H](C(C)C)N1CCN(C(=O)OC(C)(C)C)[C@@H](C)C1. The molecule has 0 saturated carbocycles. The van der Waals surface area contributed by atoms with Gasteiger partial charge in [-0.3, -0.25) is 9.69 Å². The van der Waals surface area contributed by atoms with E-state index in [2.05, 4.69) is 4.90 Å². The first-order valence-corrected chi connectivity index (χ1v) is 7.88. The average molecular weight is 314 g/mol. The van der Waals surface area contributed by atoms with Crippen LogP contribution >= 0.6 is 0 Å². The fourth-order valence-electron chi connectivity index (χ4n) is 2.79. The summed E-state index contributed by atoms with van der Waals surface area (Å²) in [6.07, 6.45) is -0.293. The van der Waals surface area contributed by atoms with Crippen molar-refractivity contribution in [2.75, 3.05) is 26.7 Å². The summed E-state index contributed by atoms with van der Waals surface area (Å²) in [6, 6.07) is -0.275. The monoisotopic (exact) mass is 314 g/mol. The Morgan fingerprint density at radius 1 is 1.18 bits per heavy atom. The molecule has 128 valence electrons. The van der Waals surface area contributed by atoms with Gasteiger partial charge in [0, 0.05) is 25.7 Å². The minimum absolute atomic E-state index is 0.00509. The van der Waals surface area contributed by atoms with E-state index in [0.717, 1.165) is 0 Å². The highest BCUT2D eigenvalue weighted by atomic mass is 16.6. The fraction of sp³-hybridized carbons (Fsp3) is 0.875. The molecule has 22 heavy (non-hydrogen) atoms. The summed E-state index contributed by atoms with van der Waals surface area (Å²) in [5, 5.41) is 0. The third kappa shape index (κ3) is 4.87. The first-order valence-electron chi connectivity index (χ1n) is 7.88. The number of rotatable bonds is 3. The van der Waals surface area contributed by atoms with Crippen LogP contribution in [0.1, 0.15) is 41.5 Å². The van der Waals surface area contributed by atoms with Crippen LogP contribution in [0.5, 0.6) is 0 Å². The van der Waals surface area contributed by atoms with Gasteiger partial charge in [0.25, 0.3) is 0 Å². The molecule has 0 radical (unpaired) electrons. The molecule has 1 aliphatic heterocycles. The van der Waals surface area contributed by atoms with Crippen LogP contribution < -0.4 is 0 Å². The lowest BCUT2D eigenvalue weighted by Crippen LogP contribution is -2.59. The van der Waals surface area contributed by atoms with Gasteiger partial charge >= 0.3 is 12.1 Å². The Morgan fingerprint density at radius 2 is 1.77 bits per heavy atom. The number of methoxy groups -OCH3 is 1. The summed E-state index contributed by atoms with van der Waals surface area (Å²) >= 11 is 0. The highest BCUT2D eigenvalue weighted by Gasteiger charge is 2.37. The molecule has 0 spiro atoms. The second kappa shape index (κ2) is 7.31. The molecule has 6 heteroatoms. The molecule has 0 aromatic heterocycles. The Balaban J connectivity index is 2.72. The summed E-state index contributed by atoms with van der Waals surface area (Å²) in [5.41, 5.74) is -0.500. The normalized spacial score (nSPS) is 21.6. The van der Waals surface area contributed by atoms with E-state index in [4.69, 9.17) is 9.47 Å². The van der Waals surface area contributed by atoms with Gasteiger partial charge in [-0.05, 0) is 33.6 Å². The van der Waals surface area contributed by atoms with Gasteiger partial charge < -0.3 is 14.4 Å². The number of carbonyl (C=O) groups is 2. The van der Waals surface area contributed by atoms with Gasteiger partial charge in [0.15, 0.2) is 0 Å². The molecule has 0 aliphatic carbocycles. The predicted octanol–water partition coefficient (Wildman–Crippen LogP) is 2.13. The first kappa shape index (κ1) is 18.7. The van der Waals surface area contributed by atoms with Crippen molar-refractivity contribution in [3.05, 3.63) is 0 Å². The zero-order chi connectivity index (χ0) is 17.1. The first-order chi connectivity index (χ1) is 10.1. The maximum atomic E-state index is 12.2. The zero-order valence-corrected chi connectivity index (χ0v) is 14.9. The van der Waals surface area contributed by atoms with E-state index in [9.17, 15) is 9.59 Å². The van der Waals surface area contributed by atoms with Crippen molar-refractivity contribution < 1.29 is 19.1 Å². The molecule has 0 bridgehead atoms. The van der Waals surface area contributed by atoms with Gasteiger partial charge in [-0.1, -0.05) is 13.8 Å². The molecule has 1 heterocycles. The number of carbonyl (C=O) groups excluding carboxylic acids is 2. The minimum atomic E-state index is -0.500. The number of esters is 1. The molecule has 0 unspecified atom stereocenters. The topological polar surface area (TPSA) is 59.1 Å². The fourth-order valence-corrected chi connectivity index (χ4v) is 2.79. The number of ether oxygens (including phenoxy) is 2. The summed E-state index contributed by atoms with van der Waals surface area (Å²) in [5.74, 6) is -0.0550. The number of piperazine rings is 1. The largest absolute Gasteiger partial charge is 0.468 e. The van der Waals surface area contributed by atoms with Crippen LogP contribution in [0.2, 0.25) is 0 Å². The molecule has 1 fully saturated rings. The highest BCUT2D eigenvalue weighted by Crippen LogP contribution is 2.20. The van der Waals surface area contributed by atoms with Gasteiger partial charge in [0.1, 0.15) is 11.6 Å². The number of amides is 1. The second-order valence-corrected chi connectivity index (χ2v) is 7.23. The van der Waals surface area contributed by atoms with Crippen molar-refractivity contribution in [3.8, 4) is 0 Å². The van der Waals surface area contributed by atoms with Crippen LogP contribution in [0.25, 0.3) is 0 Å². The molecule has 0 aromatic carbocycles. The van der Waals surface area contributed by atoms with E-state index in [1.54, 1.807) is 4.90 Å². The third-order valence-corrected chi connectivity index (χ3v) is 3.75. The van der Waals surface area contributed by atoms with Gasteiger partial charge in [0.2, 0.25) is 0 Å². The number of nitrogens with zero attached hydrogens (tertiary/aromatic N) is 2. The predicted molar refractivity (Wildman–Crippen MR) is 84.6 cm³/mol. The van der Waals surface area contributed by atoms with Gasteiger partial charge in [-0.2, -0.15) is 0 Å². The van der Waals surface area contributed by atoms with Crippen molar-refractivity contribution in [1.29, 1.82) is 0 Å². The second-order valence-electron chi connectivity index (χ2n) is 7.23. The molecule has 1 saturated heterocycles. The lowest BCUT2D eigenvalue weighted by molar-refractivity contribution is -0.150. The van der Waals surface area contributed by atoms with Crippen molar-refractivity contribution in [1.82, 2.24) is 9.80 Å². The molecule has 2 atom stereocenters. The number of hydrogen-bond donors (Lipinski definition) is 0. The molecule has 1 rings (SSSR count). The highest BCUT2D eigenvalue weighted by molar-refractivity contribution is 5.76. The lowest BCUT2D eigenvalue weighted by Gasteiger charge is -2.43. The van der Waals surface area contributed by atoms with Crippen molar-refractivity contribution in [2.45, 2.75) is 59.2 Å².